The summed E-state index contributed by atoms with van der Waals surface area (Å²) < 4.78 is 0. The first-order valence-electron chi connectivity index (χ1n) is 6.44. The van der Waals surface area contributed by atoms with Crippen LogP contribution < -0.4 is 5.73 Å². The summed E-state index contributed by atoms with van der Waals surface area (Å²) in [4.78, 5) is 0. The molecule has 1 aliphatic carbocycles. The van der Waals surface area contributed by atoms with Gasteiger partial charge in [0.1, 0.15) is 0 Å². The van der Waals surface area contributed by atoms with Crippen molar-refractivity contribution < 1.29 is 0 Å². The molecule has 0 bridgehead atoms. The summed E-state index contributed by atoms with van der Waals surface area (Å²) in [5.74, 6) is 0.844. The highest BCUT2D eigenvalue weighted by Crippen LogP contribution is 2.34. The zero-order valence-corrected chi connectivity index (χ0v) is 10.5. The molecule has 0 radical (unpaired) electrons. The number of rotatable bonds is 3. The second-order valence-corrected chi connectivity index (χ2v) is 5.64. The molecule has 0 spiro atoms. The molecule has 2 N–H and O–H groups in total. The van der Waals surface area contributed by atoms with Crippen molar-refractivity contribution in [2.24, 2.45) is 11.7 Å². The summed E-state index contributed by atoms with van der Waals surface area (Å²) in [6.45, 7) is 4.30. The van der Waals surface area contributed by atoms with E-state index < -0.39 is 0 Å². The zero-order chi connectivity index (χ0) is 11.6. The molecular formula is C15H23N. The Hall–Kier alpha value is -0.820. The van der Waals surface area contributed by atoms with Crippen molar-refractivity contribution in [3.8, 4) is 0 Å². The van der Waals surface area contributed by atoms with Gasteiger partial charge in [0.15, 0.2) is 0 Å². The number of hydrogen-bond acceptors (Lipinski definition) is 1. The third kappa shape index (κ3) is 2.65. The molecule has 16 heavy (non-hydrogen) atoms. The maximum Gasteiger partial charge on any atom is 0.0383 e. The first kappa shape index (κ1) is 11.7. The Labute approximate surface area is 99.0 Å². The molecule has 1 unspecified atom stereocenters. The highest BCUT2D eigenvalue weighted by Gasteiger charge is 2.27. The lowest BCUT2D eigenvalue weighted by Crippen LogP contribution is -2.34. The van der Waals surface area contributed by atoms with Gasteiger partial charge in [-0.2, -0.15) is 0 Å². The Bertz CT molecular complexity index is 331. The maximum atomic E-state index is 6.47. The van der Waals surface area contributed by atoms with Crippen LogP contribution in [0.5, 0.6) is 0 Å². The largest absolute Gasteiger partial charge is 0.322 e. The molecule has 0 heterocycles. The van der Waals surface area contributed by atoms with Crippen LogP contribution in [0.15, 0.2) is 24.3 Å². The van der Waals surface area contributed by atoms with Gasteiger partial charge >= 0.3 is 0 Å². The smallest absolute Gasteiger partial charge is 0.0383 e. The lowest BCUT2D eigenvalue weighted by molar-refractivity contribution is 0.349. The van der Waals surface area contributed by atoms with E-state index in [0.29, 0.717) is 0 Å². The lowest BCUT2D eigenvalue weighted by Gasteiger charge is -2.28. The summed E-state index contributed by atoms with van der Waals surface area (Å²) in [7, 11) is 0. The van der Waals surface area contributed by atoms with Crippen LogP contribution in [0.1, 0.15) is 50.2 Å². The number of aryl methyl sites for hydroxylation is 1. The monoisotopic (exact) mass is 217 g/mol. The van der Waals surface area contributed by atoms with Gasteiger partial charge in [-0.3, -0.25) is 0 Å². The molecule has 0 saturated heterocycles. The van der Waals surface area contributed by atoms with E-state index in [2.05, 4.69) is 38.1 Å². The molecule has 1 nitrogen and oxygen atoms in total. The maximum absolute atomic E-state index is 6.47. The van der Waals surface area contributed by atoms with E-state index >= 15 is 0 Å². The second-order valence-electron chi connectivity index (χ2n) is 5.64. The normalized spacial score (nSPS) is 20.9. The Balaban J connectivity index is 2.07. The van der Waals surface area contributed by atoms with Crippen molar-refractivity contribution in [3.05, 3.63) is 35.4 Å². The van der Waals surface area contributed by atoms with Gasteiger partial charge in [-0.1, -0.05) is 55.5 Å². The van der Waals surface area contributed by atoms with Gasteiger partial charge in [-0.05, 0) is 31.7 Å². The van der Waals surface area contributed by atoms with Crippen LogP contribution in [0.4, 0.5) is 0 Å². The predicted molar refractivity (Wildman–Crippen MR) is 69.3 cm³/mol. The van der Waals surface area contributed by atoms with Gasteiger partial charge in [-0.25, -0.2) is 0 Å². The fourth-order valence-corrected chi connectivity index (χ4v) is 2.87. The van der Waals surface area contributed by atoms with Crippen molar-refractivity contribution in [3.63, 3.8) is 0 Å². The van der Waals surface area contributed by atoms with E-state index in [1.807, 2.05) is 0 Å². The predicted octanol–water partition coefficient (Wildman–Crippen LogP) is 3.75. The first-order chi connectivity index (χ1) is 7.58. The van der Waals surface area contributed by atoms with Crippen molar-refractivity contribution in [2.75, 3.05) is 0 Å². The van der Waals surface area contributed by atoms with Crippen LogP contribution in [0.25, 0.3) is 0 Å². The number of nitrogens with two attached hydrogens (primary N) is 1. The summed E-state index contributed by atoms with van der Waals surface area (Å²) in [6.07, 6.45) is 6.68. The van der Waals surface area contributed by atoms with Crippen LogP contribution in [0, 0.1) is 12.8 Å². The number of hydrogen-bond donors (Lipinski definition) is 1. The van der Waals surface area contributed by atoms with E-state index in [9.17, 15) is 0 Å². The van der Waals surface area contributed by atoms with E-state index in [0.717, 1.165) is 12.3 Å². The quantitative estimate of drug-likeness (QED) is 0.820. The van der Waals surface area contributed by atoms with Crippen molar-refractivity contribution in [1.82, 2.24) is 0 Å². The zero-order valence-electron chi connectivity index (χ0n) is 10.5. The highest BCUT2D eigenvalue weighted by molar-refractivity contribution is 5.27. The Morgan fingerprint density at radius 3 is 2.31 bits per heavy atom. The molecule has 88 valence electrons. The Morgan fingerprint density at radius 1 is 1.19 bits per heavy atom. The Morgan fingerprint density at radius 2 is 1.75 bits per heavy atom. The minimum absolute atomic E-state index is 0.150. The van der Waals surface area contributed by atoms with Crippen LogP contribution in [0.2, 0.25) is 0 Å². The molecule has 0 aliphatic heterocycles. The van der Waals surface area contributed by atoms with Gasteiger partial charge in [0.05, 0.1) is 0 Å². The average molecular weight is 217 g/mol. The first-order valence-corrected chi connectivity index (χ1v) is 6.44. The van der Waals surface area contributed by atoms with Crippen molar-refractivity contribution in [1.29, 1.82) is 0 Å². The summed E-state index contributed by atoms with van der Waals surface area (Å²) in [6, 6.07) is 8.69. The van der Waals surface area contributed by atoms with E-state index in [1.54, 1.807) is 0 Å². The van der Waals surface area contributed by atoms with E-state index in [1.165, 1.54) is 36.8 Å². The summed E-state index contributed by atoms with van der Waals surface area (Å²) in [5, 5.41) is 0. The molecule has 0 aromatic heterocycles. The molecule has 1 saturated carbocycles. The van der Waals surface area contributed by atoms with E-state index in [-0.39, 0.29) is 5.54 Å². The van der Waals surface area contributed by atoms with Crippen LogP contribution in [0.3, 0.4) is 0 Å². The second kappa shape index (κ2) is 4.58. The highest BCUT2D eigenvalue weighted by atomic mass is 14.7. The Kier molecular flexibility index (Phi) is 3.34. The molecule has 1 atom stereocenters. The lowest BCUT2D eigenvalue weighted by atomic mass is 9.83. The molecule has 1 heteroatoms. The van der Waals surface area contributed by atoms with Crippen LogP contribution >= 0.6 is 0 Å². The molecule has 0 amide bonds. The average Bonchev–Trinajstić information content (AvgIpc) is 2.70. The van der Waals surface area contributed by atoms with Crippen LogP contribution in [-0.2, 0) is 5.54 Å². The van der Waals surface area contributed by atoms with Gasteiger partial charge in [0.25, 0.3) is 0 Å². The SMILES string of the molecule is Cc1ccc(C(C)(N)CC2CCCC2)cc1. The molecule has 2 rings (SSSR count). The van der Waals surface area contributed by atoms with Gasteiger partial charge < -0.3 is 5.73 Å². The molecule has 1 aromatic carbocycles. The fourth-order valence-electron chi connectivity index (χ4n) is 2.87. The minimum atomic E-state index is -0.150. The summed E-state index contributed by atoms with van der Waals surface area (Å²) in [5.41, 5.74) is 8.91. The molecule has 1 aliphatic rings. The summed E-state index contributed by atoms with van der Waals surface area (Å²) >= 11 is 0. The third-order valence-electron chi connectivity index (χ3n) is 3.90. The van der Waals surface area contributed by atoms with Crippen LogP contribution in [-0.4, -0.2) is 0 Å². The van der Waals surface area contributed by atoms with Gasteiger partial charge in [0, 0.05) is 5.54 Å². The molecule has 1 fully saturated rings. The third-order valence-corrected chi connectivity index (χ3v) is 3.90. The van der Waals surface area contributed by atoms with Crippen molar-refractivity contribution in [2.45, 2.75) is 51.5 Å². The topological polar surface area (TPSA) is 26.0 Å². The number of benzene rings is 1. The van der Waals surface area contributed by atoms with E-state index in [4.69, 9.17) is 5.73 Å². The van der Waals surface area contributed by atoms with Crippen molar-refractivity contribution >= 4 is 0 Å². The molecular weight excluding hydrogens is 194 g/mol. The van der Waals surface area contributed by atoms with Gasteiger partial charge in [-0.15, -0.1) is 0 Å². The minimum Gasteiger partial charge on any atom is -0.322 e. The van der Waals surface area contributed by atoms with Gasteiger partial charge in [0.2, 0.25) is 0 Å². The fraction of sp³-hybridized carbons (Fsp3) is 0.600. The molecule has 1 aromatic rings. The standard InChI is InChI=1S/C15H23N/c1-12-7-9-14(10-8-12)15(2,16)11-13-5-3-4-6-13/h7-10,13H,3-6,11,16H2,1-2H3.